The van der Waals surface area contributed by atoms with Crippen LogP contribution in [0.15, 0.2) is 18.2 Å². The lowest BCUT2D eigenvalue weighted by atomic mass is 9.92. The number of hydrogen-bond acceptors (Lipinski definition) is 2. The summed E-state index contributed by atoms with van der Waals surface area (Å²) in [7, 11) is 0. The van der Waals surface area contributed by atoms with Crippen LogP contribution < -0.4 is 5.32 Å². The van der Waals surface area contributed by atoms with Gasteiger partial charge in [-0.1, -0.05) is 23.2 Å². The van der Waals surface area contributed by atoms with E-state index in [-0.39, 0.29) is 5.92 Å². The molecule has 4 atom stereocenters. The Kier molecular flexibility index (Phi) is 4.29. The summed E-state index contributed by atoms with van der Waals surface area (Å²) in [6, 6.07) is 5.64. The van der Waals surface area contributed by atoms with E-state index in [4.69, 9.17) is 23.2 Å². The van der Waals surface area contributed by atoms with Crippen molar-refractivity contribution in [3.8, 4) is 0 Å². The Bertz CT molecular complexity index is 587. The van der Waals surface area contributed by atoms with Crippen molar-refractivity contribution in [3.63, 3.8) is 0 Å². The van der Waals surface area contributed by atoms with Gasteiger partial charge in [0.15, 0.2) is 0 Å². The fourth-order valence-corrected chi connectivity index (χ4v) is 4.84. The van der Waals surface area contributed by atoms with Crippen molar-refractivity contribution < 1.29 is 4.79 Å². The highest BCUT2D eigenvalue weighted by Gasteiger charge is 2.46. The molecule has 2 aliphatic heterocycles. The van der Waals surface area contributed by atoms with E-state index < -0.39 is 0 Å². The molecular formula is C18H22Cl2N2O. The summed E-state index contributed by atoms with van der Waals surface area (Å²) in [4.78, 5) is 14.9. The number of halogens is 2. The quantitative estimate of drug-likeness (QED) is 0.882. The summed E-state index contributed by atoms with van der Waals surface area (Å²) in [5, 5.41) is 4.79. The van der Waals surface area contributed by atoms with Crippen molar-refractivity contribution in [2.24, 2.45) is 17.8 Å². The third kappa shape index (κ3) is 3.24. The number of carbonyl (C=O) groups excluding carboxylic acids is 1. The number of nitrogens with zero attached hydrogens (tertiary/aromatic N) is 1. The smallest absolute Gasteiger partial charge is 0.226 e. The zero-order chi connectivity index (χ0) is 16.0. The average molecular weight is 353 g/mol. The first-order chi connectivity index (χ1) is 11.1. The highest BCUT2D eigenvalue weighted by Crippen LogP contribution is 2.49. The minimum absolute atomic E-state index is 0.126. The van der Waals surface area contributed by atoms with Gasteiger partial charge in [-0.05, 0) is 73.9 Å². The second-order valence-electron chi connectivity index (χ2n) is 7.23. The van der Waals surface area contributed by atoms with Crippen molar-refractivity contribution in [2.75, 3.05) is 26.2 Å². The molecule has 2 saturated heterocycles. The lowest BCUT2D eigenvalue weighted by Crippen LogP contribution is -2.34. The minimum Gasteiger partial charge on any atom is -0.342 e. The Morgan fingerprint density at radius 3 is 2.26 bits per heavy atom. The van der Waals surface area contributed by atoms with Crippen molar-refractivity contribution >= 4 is 29.1 Å². The maximum atomic E-state index is 12.8. The van der Waals surface area contributed by atoms with Crippen LogP contribution in [0.4, 0.5) is 0 Å². The van der Waals surface area contributed by atoms with Gasteiger partial charge < -0.3 is 10.2 Å². The molecule has 2 unspecified atom stereocenters. The lowest BCUT2D eigenvalue weighted by molar-refractivity contribution is -0.132. The third-order valence-electron chi connectivity index (χ3n) is 5.75. The van der Waals surface area contributed by atoms with Gasteiger partial charge in [-0.25, -0.2) is 0 Å². The highest BCUT2D eigenvalue weighted by atomic mass is 35.5. The fraction of sp³-hybridized carbons (Fsp3) is 0.611. The van der Waals surface area contributed by atoms with E-state index in [2.05, 4.69) is 10.2 Å². The zero-order valence-corrected chi connectivity index (χ0v) is 14.6. The van der Waals surface area contributed by atoms with Gasteiger partial charge in [-0.3, -0.25) is 4.79 Å². The van der Waals surface area contributed by atoms with Gasteiger partial charge in [0.05, 0.1) is 0 Å². The Morgan fingerprint density at radius 1 is 1.04 bits per heavy atom. The zero-order valence-electron chi connectivity index (χ0n) is 13.1. The van der Waals surface area contributed by atoms with E-state index in [1.807, 2.05) is 12.1 Å². The highest BCUT2D eigenvalue weighted by molar-refractivity contribution is 6.34. The number of fused-ring (bicyclic) bond motifs is 1. The molecule has 1 aromatic carbocycles. The van der Waals surface area contributed by atoms with Crippen LogP contribution in [-0.4, -0.2) is 37.0 Å². The number of amides is 1. The van der Waals surface area contributed by atoms with E-state index in [1.165, 1.54) is 0 Å². The molecule has 124 valence electrons. The van der Waals surface area contributed by atoms with Gasteiger partial charge in [0.2, 0.25) is 5.91 Å². The summed E-state index contributed by atoms with van der Waals surface area (Å²) in [5.41, 5.74) is 1.11. The second kappa shape index (κ2) is 6.27. The summed E-state index contributed by atoms with van der Waals surface area (Å²) < 4.78 is 0. The predicted octanol–water partition coefficient (Wildman–Crippen LogP) is 3.55. The van der Waals surface area contributed by atoms with Gasteiger partial charge in [-0.15, -0.1) is 0 Å². The average Bonchev–Trinajstić information content (AvgIpc) is 3.24. The first-order valence-electron chi connectivity index (χ1n) is 8.57. The Labute approximate surface area is 147 Å². The molecule has 3 fully saturated rings. The van der Waals surface area contributed by atoms with Crippen LogP contribution in [0.3, 0.4) is 0 Å². The van der Waals surface area contributed by atoms with Crippen LogP contribution in [0.5, 0.6) is 0 Å². The van der Waals surface area contributed by atoms with Crippen LogP contribution in [0, 0.1) is 17.8 Å². The molecule has 1 amide bonds. The maximum Gasteiger partial charge on any atom is 0.226 e. The molecule has 0 bridgehead atoms. The van der Waals surface area contributed by atoms with Gasteiger partial charge in [0.1, 0.15) is 0 Å². The predicted molar refractivity (Wildman–Crippen MR) is 93.0 cm³/mol. The largest absolute Gasteiger partial charge is 0.342 e. The molecule has 2 heterocycles. The van der Waals surface area contributed by atoms with Crippen molar-refractivity contribution in [1.29, 1.82) is 0 Å². The van der Waals surface area contributed by atoms with Crippen molar-refractivity contribution in [3.05, 3.63) is 33.8 Å². The van der Waals surface area contributed by atoms with Crippen LogP contribution in [0.25, 0.3) is 0 Å². The Balaban J connectivity index is 1.40. The fourth-order valence-electron chi connectivity index (χ4n) is 4.30. The molecule has 5 heteroatoms. The van der Waals surface area contributed by atoms with E-state index in [0.717, 1.165) is 62.8 Å². The van der Waals surface area contributed by atoms with Gasteiger partial charge in [0.25, 0.3) is 0 Å². The number of nitrogens with one attached hydrogen (secondary N) is 1. The number of likely N-dealkylation sites (tertiary alicyclic amines) is 1. The number of rotatable bonds is 2. The summed E-state index contributed by atoms with van der Waals surface area (Å²) in [6.07, 6.45) is 3.22. The molecule has 1 aromatic rings. The molecule has 1 saturated carbocycles. The maximum absolute atomic E-state index is 12.8. The van der Waals surface area contributed by atoms with E-state index in [9.17, 15) is 4.79 Å². The molecule has 0 spiro atoms. The first kappa shape index (κ1) is 15.7. The van der Waals surface area contributed by atoms with Crippen molar-refractivity contribution in [1.82, 2.24) is 10.2 Å². The van der Waals surface area contributed by atoms with E-state index in [0.29, 0.717) is 21.9 Å². The molecule has 0 aromatic heterocycles. The second-order valence-corrected chi connectivity index (χ2v) is 8.11. The van der Waals surface area contributed by atoms with Crippen molar-refractivity contribution in [2.45, 2.75) is 25.2 Å². The molecular weight excluding hydrogens is 331 g/mol. The van der Waals surface area contributed by atoms with E-state index in [1.54, 1.807) is 6.07 Å². The number of hydrogen-bond donors (Lipinski definition) is 1. The van der Waals surface area contributed by atoms with E-state index >= 15 is 0 Å². The number of benzene rings is 1. The Morgan fingerprint density at radius 2 is 1.65 bits per heavy atom. The number of carbonyl (C=O) groups is 1. The third-order valence-corrected chi connectivity index (χ3v) is 6.19. The molecule has 0 radical (unpaired) electrons. The summed E-state index contributed by atoms with van der Waals surface area (Å²) in [5.74, 6) is 2.27. The molecule has 3 nitrogen and oxygen atoms in total. The molecule has 1 aliphatic carbocycles. The normalized spacial score (nSPS) is 33.2. The monoisotopic (exact) mass is 352 g/mol. The summed E-state index contributed by atoms with van der Waals surface area (Å²) in [6.45, 7) is 4.09. The van der Waals surface area contributed by atoms with Crippen LogP contribution in [-0.2, 0) is 4.79 Å². The van der Waals surface area contributed by atoms with Gasteiger partial charge in [-0.2, -0.15) is 0 Å². The molecule has 3 aliphatic rings. The molecule has 4 rings (SSSR count). The topological polar surface area (TPSA) is 32.3 Å². The van der Waals surface area contributed by atoms with Gasteiger partial charge >= 0.3 is 0 Å². The van der Waals surface area contributed by atoms with Crippen LogP contribution >= 0.6 is 23.2 Å². The standard InChI is InChI=1S/C18H22Cl2N2O/c19-14-5-13(6-15(20)7-14)16-8-17(16)18(23)22-3-1-11-9-21-10-12(11)2-4-22/h5-7,11-12,16-17,21H,1-4,8-10H2/t11-,12+,16?,17?. The SMILES string of the molecule is O=C(C1CC1c1cc(Cl)cc(Cl)c1)N1CC[C@@H]2CNC[C@@H]2CC1. The molecule has 23 heavy (non-hydrogen) atoms. The lowest BCUT2D eigenvalue weighted by Gasteiger charge is -2.21. The first-order valence-corrected chi connectivity index (χ1v) is 9.33. The Hall–Kier alpha value is -0.770. The van der Waals surface area contributed by atoms with Crippen LogP contribution in [0.1, 0.15) is 30.7 Å². The van der Waals surface area contributed by atoms with Gasteiger partial charge in [0, 0.05) is 29.1 Å². The van der Waals surface area contributed by atoms with Crippen LogP contribution in [0.2, 0.25) is 10.0 Å². The molecule has 1 N–H and O–H groups in total. The summed E-state index contributed by atoms with van der Waals surface area (Å²) >= 11 is 12.2. The minimum atomic E-state index is 0.126.